The third kappa shape index (κ3) is 7.51. The Bertz CT molecular complexity index is 1950. The highest BCUT2D eigenvalue weighted by Gasteiger charge is 2.34. The molecule has 0 bridgehead atoms. The van der Waals surface area contributed by atoms with Crippen LogP contribution in [0.25, 0.3) is 32.6 Å². The Morgan fingerprint density at radius 3 is 2.52 bits per heavy atom. The average molecular weight is 685 g/mol. The number of ether oxygens (including phenoxy) is 1. The molecule has 1 aliphatic rings. The van der Waals surface area contributed by atoms with Crippen LogP contribution < -0.4 is 16.1 Å². The summed E-state index contributed by atoms with van der Waals surface area (Å²) < 4.78 is 47.9. The standard InChI is InChI=1S/C33H35F3N6O5S/c1-6-37-30(45)40-27-13-21(29-39-26(17-48-29)33(34,35)36)23(14-38-27)19-9-10-25-22(12-19)28(44)24(18(2)43)16-42(25)20-8-7-11-41(15-20)31(46)47-32(3,4)5/h9-10,12-14,16-17,20H,6-8,11,15H2,1-5H3,(H2,37,38,40,45). The van der Waals surface area contributed by atoms with Crippen molar-refractivity contribution in [3.63, 3.8) is 0 Å². The lowest BCUT2D eigenvalue weighted by Crippen LogP contribution is -2.43. The minimum absolute atomic E-state index is 0.0260. The van der Waals surface area contributed by atoms with Crippen LogP contribution in [0.5, 0.6) is 0 Å². The van der Waals surface area contributed by atoms with E-state index in [0.717, 1.165) is 16.7 Å². The number of pyridine rings is 2. The number of carbonyl (C=O) groups excluding carboxylic acids is 3. The molecule has 1 atom stereocenters. The van der Waals surface area contributed by atoms with Gasteiger partial charge in [0.15, 0.2) is 16.9 Å². The summed E-state index contributed by atoms with van der Waals surface area (Å²) in [4.78, 5) is 61.2. The van der Waals surface area contributed by atoms with E-state index in [0.29, 0.717) is 49.1 Å². The Hall–Kier alpha value is -4.79. The fourth-order valence-electron chi connectivity index (χ4n) is 5.53. The molecule has 15 heteroatoms. The van der Waals surface area contributed by atoms with Crippen LogP contribution >= 0.6 is 11.3 Å². The van der Waals surface area contributed by atoms with E-state index < -0.39 is 40.8 Å². The molecule has 0 saturated carbocycles. The smallest absolute Gasteiger partial charge is 0.434 e. The number of nitrogens with one attached hydrogen (secondary N) is 2. The zero-order valence-electron chi connectivity index (χ0n) is 27.0. The molecule has 5 rings (SSSR count). The van der Waals surface area contributed by atoms with E-state index in [1.165, 1.54) is 25.4 Å². The number of carbonyl (C=O) groups is 3. The number of likely N-dealkylation sites (tertiary alicyclic amines) is 1. The summed E-state index contributed by atoms with van der Waals surface area (Å²) in [6.07, 6.45) is -0.855. The van der Waals surface area contributed by atoms with E-state index in [-0.39, 0.29) is 33.4 Å². The van der Waals surface area contributed by atoms with Crippen LogP contribution in [0.4, 0.5) is 28.6 Å². The van der Waals surface area contributed by atoms with Gasteiger partial charge in [0.05, 0.1) is 17.1 Å². The van der Waals surface area contributed by atoms with Crippen LogP contribution in [0.15, 0.2) is 46.8 Å². The Kier molecular flexibility index (Phi) is 9.62. The van der Waals surface area contributed by atoms with Crippen molar-refractivity contribution in [2.45, 2.75) is 65.3 Å². The molecule has 11 nitrogen and oxygen atoms in total. The van der Waals surface area contributed by atoms with Gasteiger partial charge in [0.25, 0.3) is 0 Å². The quantitative estimate of drug-likeness (QED) is 0.207. The summed E-state index contributed by atoms with van der Waals surface area (Å²) in [6, 6.07) is 5.59. The van der Waals surface area contributed by atoms with Gasteiger partial charge in [-0.05, 0) is 71.2 Å². The van der Waals surface area contributed by atoms with Crippen molar-refractivity contribution >= 4 is 46.0 Å². The topological polar surface area (TPSA) is 136 Å². The van der Waals surface area contributed by atoms with Gasteiger partial charge < -0.3 is 19.5 Å². The maximum Gasteiger partial charge on any atom is 0.434 e. The summed E-state index contributed by atoms with van der Waals surface area (Å²) in [7, 11) is 0. The van der Waals surface area contributed by atoms with Crippen molar-refractivity contribution in [3.8, 4) is 21.7 Å². The number of piperidine rings is 1. The molecule has 0 spiro atoms. The van der Waals surface area contributed by atoms with E-state index in [2.05, 4.69) is 20.6 Å². The number of benzene rings is 1. The van der Waals surface area contributed by atoms with Gasteiger partial charge in [-0.25, -0.2) is 19.6 Å². The monoisotopic (exact) mass is 684 g/mol. The summed E-state index contributed by atoms with van der Waals surface area (Å²) in [6.45, 7) is 9.53. The second kappa shape index (κ2) is 13.4. The van der Waals surface area contributed by atoms with E-state index in [4.69, 9.17) is 4.74 Å². The van der Waals surface area contributed by atoms with Crippen molar-refractivity contribution in [1.82, 2.24) is 24.8 Å². The SMILES string of the molecule is CCNC(=O)Nc1cc(-c2nc(C(F)(F)F)cs2)c(-c2ccc3c(c2)c(=O)c(C(C)=O)cn3C2CCCN(C(=O)OC(C)(C)C)C2)cn1. The molecule has 0 radical (unpaired) electrons. The maximum atomic E-state index is 13.7. The van der Waals surface area contributed by atoms with Crippen molar-refractivity contribution in [2.75, 3.05) is 25.0 Å². The first-order valence-corrected chi connectivity index (χ1v) is 16.2. The highest BCUT2D eigenvalue weighted by molar-refractivity contribution is 7.13. The molecule has 254 valence electrons. The zero-order valence-corrected chi connectivity index (χ0v) is 27.8. The van der Waals surface area contributed by atoms with Gasteiger partial charge in [-0.2, -0.15) is 13.2 Å². The van der Waals surface area contributed by atoms with Gasteiger partial charge in [-0.15, -0.1) is 11.3 Å². The lowest BCUT2D eigenvalue weighted by molar-refractivity contribution is -0.140. The third-order valence-electron chi connectivity index (χ3n) is 7.67. The highest BCUT2D eigenvalue weighted by atomic mass is 32.1. The zero-order chi connectivity index (χ0) is 35.0. The largest absolute Gasteiger partial charge is 0.444 e. The number of Topliss-reactive ketones (excluding diaryl/α,β-unsaturated/α-hetero) is 1. The minimum atomic E-state index is -4.67. The van der Waals surface area contributed by atoms with Gasteiger partial charge in [0.2, 0.25) is 0 Å². The molecule has 1 fully saturated rings. The van der Waals surface area contributed by atoms with Gasteiger partial charge in [-0.1, -0.05) is 6.07 Å². The molecule has 48 heavy (non-hydrogen) atoms. The minimum Gasteiger partial charge on any atom is -0.444 e. The molecule has 1 aliphatic heterocycles. The number of anilines is 1. The van der Waals surface area contributed by atoms with Crippen LogP contribution in [0.2, 0.25) is 0 Å². The first kappa shape index (κ1) is 34.5. The van der Waals surface area contributed by atoms with Gasteiger partial charge >= 0.3 is 18.3 Å². The molecule has 4 heterocycles. The lowest BCUT2D eigenvalue weighted by atomic mass is 9.97. The summed E-state index contributed by atoms with van der Waals surface area (Å²) in [5.41, 5.74) is -0.734. The van der Waals surface area contributed by atoms with Gasteiger partial charge in [-0.3, -0.25) is 14.9 Å². The Balaban J connectivity index is 1.63. The maximum absolute atomic E-state index is 13.7. The number of alkyl halides is 3. The molecule has 4 aromatic rings. The van der Waals surface area contributed by atoms with Crippen LogP contribution in [0, 0.1) is 0 Å². The number of urea groups is 1. The van der Waals surface area contributed by atoms with Crippen LogP contribution in [0.3, 0.4) is 0 Å². The fourth-order valence-corrected chi connectivity index (χ4v) is 6.39. The van der Waals surface area contributed by atoms with Crippen LogP contribution in [0.1, 0.15) is 69.6 Å². The molecule has 2 N–H and O–H groups in total. The van der Waals surface area contributed by atoms with Crippen LogP contribution in [-0.4, -0.2) is 62.6 Å². The van der Waals surface area contributed by atoms with E-state index in [9.17, 15) is 32.3 Å². The first-order valence-electron chi connectivity index (χ1n) is 15.3. The predicted molar refractivity (Wildman–Crippen MR) is 176 cm³/mol. The normalized spacial score (nSPS) is 15.3. The molecule has 3 amide bonds. The Morgan fingerprint density at radius 1 is 1.12 bits per heavy atom. The number of hydrogen-bond donors (Lipinski definition) is 2. The number of halogens is 3. The first-order chi connectivity index (χ1) is 22.6. The molecule has 1 unspecified atom stereocenters. The van der Waals surface area contributed by atoms with E-state index >= 15 is 0 Å². The molecule has 3 aromatic heterocycles. The molecular weight excluding hydrogens is 649 g/mol. The average Bonchev–Trinajstić information content (AvgIpc) is 3.52. The van der Waals surface area contributed by atoms with Crippen molar-refractivity contribution < 1.29 is 32.3 Å². The number of hydrogen-bond acceptors (Lipinski definition) is 8. The van der Waals surface area contributed by atoms with E-state index in [1.54, 1.807) is 50.8 Å². The molecule has 0 aliphatic carbocycles. The lowest BCUT2D eigenvalue weighted by Gasteiger charge is -2.35. The van der Waals surface area contributed by atoms with Crippen molar-refractivity contribution in [1.29, 1.82) is 0 Å². The number of rotatable bonds is 6. The van der Waals surface area contributed by atoms with Crippen LogP contribution in [-0.2, 0) is 10.9 Å². The van der Waals surface area contributed by atoms with Crippen molar-refractivity contribution in [2.24, 2.45) is 0 Å². The number of thiazole rings is 1. The van der Waals surface area contributed by atoms with Gasteiger partial charge in [0, 0.05) is 53.9 Å². The fraction of sp³-hybridized carbons (Fsp3) is 0.394. The van der Waals surface area contributed by atoms with E-state index in [1.807, 2.05) is 4.57 Å². The second-order valence-electron chi connectivity index (χ2n) is 12.4. The number of ketones is 1. The molecule has 1 aromatic carbocycles. The Morgan fingerprint density at radius 2 is 1.88 bits per heavy atom. The van der Waals surface area contributed by atoms with Gasteiger partial charge in [0.1, 0.15) is 16.4 Å². The molecular formula is C33H35F3N6O5S. The number of aromatic nitrogens is 3. The second-order valence-corrected chi connectivity index (χ2v) is 13.3. The third-order valence-corrected chi connectivity index (χ3v) is 8.55. The molecule has 1 saturated heterocycles. The highest BCUT2D eigenvalue weighted by Crippen LogP contribution is 2.39. The predicted octanol–water partition coefficient (Wildman–Crippen LogP) is 7.12. The number of nitrogens with zero attached hydrogens (tertiary/aromatic N) is 4. The number of amides is 3. The Labute approximate surface area is 278 Å². The summed E-state index contributed by atoms with van der Waals surface area (Å²) >= 11 is 0.776. The summed E-state index contributed by atoms with van der Waals surface area (Å²) in [5, 5.41) is 6.27. The van der Waals surface area contributed by atoms with Crippen molar-refractivity contribution in [3.05, 3.63) is 63.5 Å². The number of fused-ring (bicyclic) bond motifs is 1. The summed E-state index contributed by atoms with van der Waals surface area (Å²) in [5.74, 6) is -0.358.